The quantitative estimate of drug-likeness (QED) is 0.344. The predicted molar refractivity (Wildman–Crippen MR) is 62.9 cm³/mol. The Morgan fingerprint density at radius 2 is 1.94 bits per heavy atom. The first-order valence-electron chi connectivity index (χ1n) is 5.66. The largest absolute Gasteiger partial charge is 0.459 e. The summed E-state index contributed by atoms with van der Waals surface area (Å²) in [6.07, 6.45) is 4.26. The second kappa shape index (κ2) is 5.37. The topological polar surface area (TPSA) is 75.1 Å². The number of esters is 1. The Balaban J connectivity index is 2.00. The lowest BCUT2D eigenvalue weighted by atomic mass is 10.2. The maximum Gasteiger partial charge on any atom is 0.338 e. The first-order valence-corrected chi connectivity index (χ1v) is 5.66. The van der Waals surface area contributed by atoms with Crippen molar-refractivity contribution in [2.24, 2.45) is 5.11 Å². The van der Waals surface area contributed by atoms with E-state index in [2.05, 4.69) is 10.0 Å². The van der Waals surface area contributed by atoms with Crippen molar-refractivity contribution in [3.8, 4) is 0 Å². The Morgan fingerprint density at radius 1 is 1.29 bits per heavy atom. The Kier molecular flexibility index (Phi) is 3.62. The maximum atomic E-state index is 11.7. The van der Waals surface area contributed by atoms with Gasteiger partial charge in [0.1, 0.15) is 6.10 Å². The summed E-state index contributed by atoms with van der Waals surface area (Å²) in [7, 11) is 0. The van der Waals surface area contributed by atoms with Crippen LogP contribution in [0.3, 0.4) is 0 Å². The van der Waals surface area contributed by atoms with Crippen molar-refractivity contribution in [1.29, 1.82) is 0 Å². The van der Waals surface area contributed by atoms with Gasteiger partial charge in [-0.15, -0.1) is 0 Å². The molecular weight excluding hydrogens is 218 g/mol. The van der Waals surface area contributed by atoms with Gasteiger partial charge in [-0.25, -0.2) is 4.79 Å². The van der Waals surface area contributed by atoms with Crippen molar-refractivity contribution < 1.29 is 9.53 Å². The lowest BCUT2D eigenvalue weighted by Gasteiger charge is -2.11. The van der Waals surface area contributed by atoms with E-state index < -0.39 is 0 Å². The number of hydrogen-bond acceptors (Lipinski definition) is 3. The molecule has 0 unspecified atom stereocenters. The van der Waals surface area contributed by atoms with E-state index in [1.54, 1.807) is 24.3 Å². The molecule has 5 heteroatoms. The van der Waals surface area contributed by atoms with Gasteiger partial charge in [0.15, 0.2) is 0 Å². The van der Waals surface area contributed by atoms with E-state index in [0.29, 0.717) is 11.3 Å². The van der Waals surface area contributed by atoms with E-state index in [1.807, 2.05) is 0 Å². The van der Waals surface area contributed by atoms with Gasteiger partial charge in [-0.2, -0.15) is 0 Å². The molecule has 0 heterocycles. The monoisotopic (exact) mass is 231 g/mol. The van der Waals surface area contributed by atoms with Crippen LogP contribution in [0.1, 0.15) is 36.0 Å². The molecule has 1 aliphatic rings. The molecule has 0 radical (unpaired) electrons. The Morgan fingerprint density at radius 3 is 2.53 bits per heavy atom. The highest BCUT2D eigenvalue weighted by Crippen LogP contribution is 2.22. The van der Waals surface area contributed by atoms with Crippen LogP contribution in [0.25, 0.3) is 10.4 Å². The highest BCUT2D eigenvalue weighted by Gasteiger charge is 2.19. The first kappa shape index (κ1) is 11.5. The van der Waals surface area contributed by atoms with Gasteiger partial charge < -0.3 is 4.74 Å². The lowest BCUT2D eigenvalue weighted by molar-refractivity contribution is 0.0318. The van der Waals surface area contributed by atoms with Crippen molar-refractivity contribution >= 4 is 11.7 Å². The number of azide groups is 1. The van der Waals surface area contributed by atoms with E-state index >= 15 is 0 Å². The van der Waals surface area contributed by atoms with E-state index in [0.717, 1.165) is 25.7 Å². The summed E-state index contributed by atoms with van der Waals surface area (Å²) in [4.78, 5) is 14.4. The van der Waals surface area contributed by atoms with Crippen LogP contribution in [0.15, 0.2) is 29.4 Å². The summed E-state index contributed by atoms with van der Waals surface area (Å²) in [5, 5.41) is 3.44. The fraction of sp³-hybridized carbons (Fsp3) is 0.417. The second-order valence-electron chi connectivity index (χ2n) is 4.05. The molecule has 0 saturated heterocycles. The molecule has 17 heavy (non-hydrogen) atoms. The third-order valence-corrected chi connectivity index (χ3v) is 2.84. The smallest absolute Gasteiger partial charge is 0.338 e. The molecule has 1 aromatic carbocycles. The first-order chi connectivity index (χ1) is 8.29. The molecule has 1 fully saturated rings. The summed E-state index contributed by atoms with van der Waals surface area (Å²) in [6.45, 7) is 0. The Hall–Kier alpha value is -2.00. The zero-order chi connectivity index (χ0) is 12.1. The number of ether oxygens (including phenoxy) is 1. The molecular formula is C12H13N3O2. The summed E-state index contributed by atoms with van der Waals surface area (Å²) >= 11 is 0. The number of carbonyl (C=O) groups is 1. The number of rotatable bonds is 3. The van der Waals surface area contributed by atoms with Crippen LogP contribution in [0.2, 0.25) is 0 Å². The van der Waals surface area contributed by atoms with Gasteiger partial charge in [0, 0.05) is 10.6 Å². The molecule has 5 nitrogen and oxygen atoms in total. The highest BCUT2D eigenvalue weighted by molar-refractivity contribution is 5.89. The van der Waals surface area contributed by atoms with Crippen LogP contribution >= 0.6 is 0 Å². The fourth-order valence-corrected chi connectivity index (χ4v) is 1.94. The number of hydrogen-bond donors (Lipinski definition) is 0. The fourth-order valence-electron chi connectivity index (χ4n) is 1.94. The Labute approximate surface area is 99.0 Å². The second-order valence-corrected chi connectivity index (χ2v) is 4.05. The molecule has 0 N–H and O–H groups in total. The zero-order valence-electron chi connectivity index (χ0n) is 9.37. The Bertz CT molecular complexity index is 443. The van der Waals surface area contributed by atoms with Gasteiger partial charge in [0.25, 0.3) is 0 Å². The minimum atomic E-state index is -0.301. The van der Waals surface area contributed by atoms with Crippen LogP contribution < -0.4 is 0 Å². The van der Waals surface area contributed by atoms with E-state index in [4.69, 9.17) is 10.3 Å². The van der Waals surface area contributed by atoms with Crippen molar-refractivity contribution in [3.05, 3.63) is 40.3 Å². The molecule has 1 aromatic rings. The van der Waals surface area contributed by atoms with Crippen LogP contribution in [0.5, 0.6) is 0 Å². The average molecular weight is 231 g/mol. The van der Waals surface area contributed by atoms with Crippen LogP contribution in [0.4, 0.5) is 5.69 Å². The molecule has 1 saturated carbocycles. The zero-order valence-corrected chi connectivity index (χ0v) is 9.37. The molecule has 2 rings (SSSR count). The van der Waals surface area contributed by atoms with Gasteiger partial charge in [0.2, 0.25) is 0 Å². The van der Waals surface area contributed by atoms with Crippen LogP contribution in [0, 0.1) is 0 Å². The van der Waals surface area contributed by atoms with Crippen LogP contribution in [-0.4, -0.2) is 12.1 Å². The summed E-state index contributed by atoms with van der Waals surface area (Å²) in [5.74, 6) is -0.301. The number of benzene rings is 1. The van der Waals surface area contributed by atoms with Crippen LogP contribution in [-0.2, 0) is 4.74 Å². The lowest BCUT2D eigenvalue weighted by Crippen LogP contribution is -2.14. The molecule has 0 bridgehead atoms. The normalized spacial score (nSPS) is 15.3. The number of nitrogens with zero attached hydrogens (tertiary/aromatic N) is 3. The highest BCUT2D eigenvalue weighted by atomic mass is 16.5. The maximum absolute atomic E-state index is 11.7. The van der Waals surface area contributed by atoms with Gasteiger partial charge in [-0.05, 0) is 43.3 Å². The van der Waals surface area contributed by atoms with Crippen molar-refractivity contribution in [2.75, 3.05) is 0 Å². The molecule has 0 aliphatic heterocycles. The van der Waals surface area contributed by atoms with Crippen molar-refractivity contribution in [3.63, 3.8) is 0 Å². The van der Waals surface area contributed by atoms with E-state index in [1.165, 1.54) is 0 Å². The predicted octanol–water partition coefficient (Wildman–Crippen LogP) is 3.73. The summed E-state index contributed by atoms with van der Waals surface area (Å²) in [6, 6.07) is 6.43. The van der Waals surface area contributed by atoms with Gasteiger partial charge in [0.05, 0.1) is 5.56 Å². The van der Waals surface area contributed by atoms with Gasteiger partial charge in [-0.1, -0.05) is 17.2 Å². The molecule has 0 amide bonds. The van der Waals surface area contributed by atoms with E-state index in [-0.39, 0.29) is 12.1 Å². The SMILES string of the molecule is [N-]=[N+]=Nc1ccc(C(=O)OC2CCCC2)cc1. The van der Waals surface area contributed by atoms with Crippen molar-refractivity contribution in [2.45, 2.75) is 31.8 Å². The van der Waals surface area contributed by atoms with E-state index in [9.17, 15) is 4.79 Å². The summed E-state index contributed by atoms with van der Waals surface area (Å²) in [5.41, 5.74) is 9.24. The molecule has 0 spiro atoms. The average Bonchev–Trinajstić information content (AvgIpc) is 2.83. The minimum absolute atomic E-state index is 0.0688. The number of carbonyl (C=O) groups excluding carboxylic acids is 1. The minimum Gasteiger partial charge on any atom is -0.459 e. The standard InChI is InChI=1S/C12H13N3O2/c13-15-14-10-7-5-9(6-8-10)12(16)17-11-3-1-2-4-11/h5-8,11H,1-4H2. The third kappa shape index (κ3) is 2.98. The molecule has 88 valence electrons. The third-order valence-electron chi connectivity index (χ3n) is 2.84. The molecule has 0 atom stereocenters. The van der Waals surface area contributed by atoms with Gasteiger partial charge in [-0.3, -0.25) is 0 Å². The van der Waals surface area contributed by atoms with Gasteiger partial charge >= 0.3 is 5.97 Å². The summed E-state index contributed by atoms with van der Waals surface area (Å²) < 4.78 is 5.35. The molecule has 1 aliphatic carbocycles. The molecule has 0 aromatic heterocycles. The van der Waals surface area contributed by atoms with Crippen molar-refractivity contribution in [1.82, 2.24) is 0 Å².